The third-order valence-corrected chi connectivity index (χ3v) is 19.0. The lowest BCUT2D eigenvalue weighted by molar-refractivity contribution is -0.384. The molecule has 14 nitrogen and oxygen atoms in total. The first-order valence-electron chi connectivity index (χ1n) is 15.7. The maximum atomic E-state index is 13.1. The number of anilines is 1. The molecule has 1 amide bonds. The van der Waals surface area contributed by atoms with Crippen LogP contribution in [-0.2, 0) is 28.9 Å². The molecule has 4 rings (SSSR count). The van der Waals surface area contributed by atoms with Crippen molar-refractivity contribution < 1.29 is 37.3 Å². The molecule has 2 N–H and O–H groups in total. The lowest BCUT2D eigenvalue weighted by Crippen LogP contribution is -2.65. The largest absolute Gasteiger partial charge is 0.449 e. The number of nitrogens with one attached hydrogen (secondary N) is 1. The van der Waals surface area contributed by atoms with Crippen LogP contribution in [0.1, 0.15) is 67.2 Å². The minimum atomic E-state index is -3.01. The zero-order valence-electron chi connectivity index (χ0n) is 27.7. The highest BCUT2D eigenvalue weighted by Gasteiger charge is 2.61. The Bertz CT molecular complexity index is 1420. The number of rotatable bonds is 10. The fourth-order valence-electron chi connectivity index (χ4n) is 6.23. The van der Waals surface area contributed by atoms with Crippen LogP contribution in [0.15, 0.2) is 41.3 Å². The molecule has 2 aliphatic heterocycles. The van der Waals surface area contributed by atoms with Gasteiger partial charge in [0.05, 0.1) is 18.1 Å². The molecule has 254 valence electrons. The first-order valence-corrected chi connectivity index (χ1v) is 19.7. The Kier molecular flexibility index (Phi) is 11.2. The highest BCUT2D eigenvalue weighted by atomic mass is 28.5. The monoisotopic (exact) mass is 678 g/mol. The molecule has 0 bridgehead atoms. The first kappa shape index (κ1) is 35.9. The second-order valence-corrected chi connectivity index (χ2v) is 21.9. The predicted octanol–water partition coefficient (Wildman–Crippen LogP) is 5.16. The highest BCUT2D eigenvalue weighted by Crippen LogP contribution is 2.48. The third kappa shape index (κ3) is 7.27. The van der Waals surface area contributed by atoms with Crippen molar-refractivity contribution in [2.45, 2.75) is 109 Å². The predicted molar refractivity (Wildman–Crippen MR) is 174 cm³/mol. The van der Waals surface area contributed by atoms with Crippen molar-refractivity contribution in [1.29, 1.82) is 0 Å². The number of benzene rings is 1. The highest BCUT2D eigenvalue weighted by molar-refractivity contribution is 6.84. The van der Waals surface area contributed by atoms with Gasteiger partial charge in [-0.1, -0.05) is 67.5 Å². The number of nitrogens with zero attached hydrogens (tertiary/aromatic N) is 3. The average Bonchev–Trinajstić information content (AvgIpc) is 3.26. The van der Waals surface area contributed by atoms with Gasteiger partial charge in [-0.05, 0) is 33.8 Å². The van der Waals surface area contributed by atoms with Gasteiger partial charge < -0.3 is 27.5 Å². The van der Waals surface area contributed by atoms with Crippen molar-refractivity contribution in [3.05, 3.63) is 62.7 Å². The SMILES string of the molecule is CC(C)[Si]1(C(C)C)OC[C@H]2O[C@@H](n3ccc(NC(=O)OCCc4ccc([N+](=O)[O-])cc4)nc3=O)[C@H](O)[C@@H]2O[Si](C(C)C)(C(C)C)O1. The second kappa shape index (κ2) is 14.4. The Labute approximate surface area is 271 Å². The first-order chi connectivity index (χ1) is 21.6. The summed E-state index contributed by atoms with van der Waals surface area (Å²) in [7, 11) is -5.83. The zero-order valence-corrected chi connectivity index (χ0v) is 29.7. The minimum absolute atomic E-state index is 0.00665. The Morgan fingerprint density at radius 3 is 2.22 bits per heavy atom. The molecule has 0 radical (unpaired) electrons. The fourth-order valence-corrected chi connectivity index (χ4v) is 17.4. The van der Waals surface area contributed by atoms with Crippen molar-refractivity contribution in [3.8, 4) is 0 Å². The van der Waals surface area contributed by atoms with Gasteiger partial charge in [0.2, 0.25) is 0 Å². The maximum Gasteiger partial charge on any atom is 0.412 e. The summed E-state index contributed by atoms with van der Waals surface area (Å²) in [5.74, 6) is -0.0382. The van der Waals surface area contributed by atoms with Gasteiger partial charge in [0.15, 0.2) is 6.23 Å². The lowest BCUT2D eigenvalue weighted by Gasteiger charge is -2.51. The van der Waals surface area contributed by atoms with E-state index in [9.17, 15) is 24.8 Å². The lowest BCUT2D eigenvalue weighted by atomic mass is 10.1. The number of fused-ring (bicyclic) bond motifs is 1. The summed E-state index contributed by atoms with van der Waals surface area (Å²) in [4.78, 5) is 39.7. The van der Waals surface area contributed by atoms with Gasteiger partial charge in [-0.3, -0.25) is 20.0 Å². The summed E-state index contributed by atoms with van der Waals surface area (Å²) in [5, 5.41) is 24.8. The molecular weight excluding hydrogens is 633 g/mol. The topological polar surface area (TPSA) is 174 Å². The van der Waals surface area contributed by atoms with Crippen LogP contribution in [0.4, 0.5) is 16.3 Å². The number of carbonyl (C=O) groups excluding carboxylic acids is 1. The molecule has 4 atom stereocenters. The molecule has 2 saturated heterocycles. The summed E-state index contributed by atoms with van der Waals surface area (Å²) in [6.45, 7) is 17.0. The van der Waals surface area contributed by atoms with Crippen LogP contribution in [0, 0.1) is 10.1 Å². The van der Waals surface area contributed by atoms with Gasteiger partial charge >= 0.3 is 28.9 Å². The number of aromatic nitrogens is 2. The Balaban J connectivity index is 1.47. The van der Waals surface area contributed by atoms with Gasteiger partial charge in [0, 0.05) is 24.8 Å². The zero-order chi connectivity index (χ0) is 34.0. The van der Waals surface area contributed by atoms with E-state index in [1.165, 1.54) is 29.0 Å². The average molecular weight is 679 g/mol. The van der Waals surface area contributed by atoms with E-state index in [2.05, 4.69) is 65.7 Å². The van der Waals surface area contributed by atoms with E-state index in [1.54, 1.807) is 12.1 Å². The van der Waals surface area contributed by atoms with Crippen molar-refractivity contribution >= 4 is 34.7 Å². The summed E-state index contributed by atoms with van der Waals surface area (Å²) < 4.78 is 33.4. The smallest absolute Gasteiger partial charge is 0.412 e. The standard InChI is InChI=1S/C30H46N4O10Si2/c1-18(2)45(19(3)4)41-17-24-27(43-46(44-45,20(5)6)21(7)8)26(35)28(42-24)33-15-13-25(31-29(33)36)32-30(37)40-16-14-22-9-11-23(12-10-22)34(38)39/h9-13,15,18-21,24,26-28,35H,14,16-17H2,1-8H3,(H,31,32,36,37)/t24-,26-,27-,28-/m1/s1. The molecule has 0 spiro atoms. The van der Waals surface area contributed by atoms with E-state index >= 15 is 0 Å². The number of amides is 1. The van der Waals surface area contributed by atoms with Crippen LogP contribution < -0.4 is 11.0 Å². The third-order valence-electron chi connectivity index (χ3n) is 8.75. The number of nitro benzene ring substituents is 1. The molecular formula is C30H46N4O10Si2. The molecule has 0 unspecified atom stereocenters. The van der Waals surface area contributed by atoms with Crippen LogP contribution in [0.3, 0.4) is 0 Å². The van der Waals surface area contributed by atoms with E-state index in [0.29, 0.717) is 6.42 Å². The number of non-ortho nitro benzene ring substituents is 1. The normalized spacial score (nSPS) is 24.1. The molecule has 46 heavy (non-hydrogen) atoms. The van der Waals surface area contributed by atoms with E-state index < -0.39 is 58.4 Å². The Morgan fingerprint density at radius 1 is 1.07 bits per heavy atom. The van der Waals surface area contributed by atoms with E-state index in [4.69, 9.17) is 22.4 Å². The van der Waals surface area contributed by atoms with E-state index in [0.717, 1.165) is 5.56 Å². The summed E-state index contributed by atoms with van der Waals surface area (Å²) in [5.41, 5.74) is 0.359. The van der Waals surface area contributed by atoms with E-state index in [1.807, 2.05) is 0 Å². The van der Waals surface area contributed by atoms with Gasteiger partial charge in [-0.25, -0.2) is 9.59 Å². The van der Waals surface area contributed by atoms with Crippen LogP contribution in [0.5, 0.6) is 0 Å². The molecule has 3 heterocycles. The number of aliphatic hydroxyl groups excluding tert-OH is 1. The van der Waals surface area contributed by atoms with Gasteiger partial charge in [0.25, 0.3) is 5.69 Å². The molecule has 1 aromatic carbocycles. The summed E-state index contributed by atoms with van der Waals surface area (Å²) in [6.07, 6.45) is -2.83. The van der Waals surface area contributed by atoms with Crippen molar-refractivity contribution in [2.75, 3.05) is 18.5 Å². The van der Waals surface area contributed by atoms with Crippen LogP contribution in [0.25, 0.3) is 0 Å². The molecule has 2 aliphatic rings. The van der Waals surface area contributed by atoms with Gasteiger partial charge in [0.1, 0.15) is 24.1 Å². The molecule has 2 fully saturated rings. The number of ether oxygens (including phenoxy) is 2. The number of aliphatic hydroxyl groups is 1. The number of nitro groups is 1. The fraction of sp³-hybridized carbons (Fsp3) is 0.633. The van der Waals surface area contributed by atoms with Crippen molar-refractivity contribution in [3.63, 3.8) is 0 Å². The van der Waals surface area contributed by atoms with Crippen molar-refractivity contribution in [1.82, 2.24) is 9.55 Å². The molecule has 16 heteroatoms. The molecule has 2 aromatic rings. The van der Waals surface area contributed by atoms with Gasteiger partial charge in [-0.15, -0.1) is 0 Å². The summed E-state index contributed by atoms with van der Waals surface area (Å²) >= 11 is 0. The number of hydrogen-bond donors (Lipinski definition) is 2. The molecule has 0 saturated carbocycles. The maximum absolute atomic E-state index is 13.1. The number of carbonyl (C=O) groups is 1. The molecule has 1 aromatic heterocycles. The molecule has 0 aliphatic carbocycles. The summed E-state index contributed by atoms with van der Waals surface area (Å²) in [6, 6.07) is 7.34. The Hall–Kier alpha value is -3.00. The van der Waals surface area contributed by atoms with E-state index in [-0.39, 0.29) is 46.9 Å². The Morgan fingerprint density at radius 2 is 1.67 bits per heavy atom. The van der Waals surface area contributed by atoms with Crippen LogP contribution >= 0.6 is 0 Å². The van der Waals surface area contributed by atoms with Crippen LogP contribution in [0.2, 0.25) is 22.2 Å². The van der Waals surface area contributed by atoms with Crippen LogP contribution in [-0.4, -0.2) is 74.3 Å². The number of hydrogen-bond acceptors (Lipinski definition) is 11. The van der Waals surface area contributed by atoms with Crippen molar-refractivity contribution in [2.24, 2.45) is 0 Å². The second-order valence-electron chi connectivity index (χ2n) is 13.0. The van der Waals surface area contributed by atoms with Gasteiger partial charge in [-0.2, -0.15) is 4.98 Å². The minimum Gasteiger partial charge on any atom is -0.449 e. The quantitative estimate of drug-likeness (QED) is 0.193.